The second-order valence-corrected chi connectivity index (χ2v) is 23.8. The smallest absolute Gasteiger partial charge is 0.258 e. The quantitative estimate of drug-likeness (QED) is 0.0966. The maximum Gasteiger partial charge on any atom is 0.258 e. The fraction of sp³-hybridized carbons (Fsp3) is 0.333. The van der Waals surface area contributed by atoms with Gasteiger partial charge >= 0.3 is 0 Å². The monoisotopic (exact) mass is 914 g/mol. The Labute approximate surface area is 384 Å². The summed E-state index contributed by atoms with van der Waals surface area (Å²) in [5, 5.41) is 12.0. The van der Waals surface area contributed by atoms with Gasteiger partial charge in [0.05, 0.1) is 24.0 Å². The number of carbonyl (C=O) groups is 4. The third kappa shape index (κ3) is 8.95. The number of aromatic hydroxyl groups is 1. The number of phenolic OH excluding ortho intramolecular Hbond substituents is 1. The van der Waals surface area contributed by atoms with Gasteiger partial charge in [-0.25, -0.2) is 8.78 Å². The van der Waals surface area contributed by atoms with Crippen molar-refractivity contribution in [3.8, 4) is 11.5 Å². The number of nitrogens with two attached hydrogens (primary N) is 2. The molecule has 0 saturated carbocycles. The third-order valence-electron chi connectivity index (χ3n) is 13.0. The second kappa shape index (κ2) is 18.6. The molecule has 8 rings (SSSR count). The summed E-state index contributed by atoms with van der Waals surface area (Å²) >= 11 is 0. The van der Waals surface area contributed by atoms with Crippen molar-refractivity contribution in [2.45, 2.75) is 96.9 Å². The molecule has 0 radical (unpaired) electrons. The van der Waals surface area contributed by atoms with Crippen LogP contribution in [-0.4, -0.2) is 70.9 Å². The summed E-state index contributed by atoms with van der Waals surface area (Å²) in [5.41, 5.74) is 19.9. The van der Waals surface area contributed by atoms with Crippen LogP contribution in [0.3, 0.4) is 0 Å². The van der Waals surface area contributed by atoms with Gasteiger partial charge in [0, 0.05) is 50.4 Å². The molecule has 2 aliphatic rings. The first kappa shape index (κ1) is 47.2. The predicted molar refractivity (Wildman–Crippen MR) is 253 cm³/mol. The number of benzene rings is 4. The molecule has 0 saturated heterocycles. The van der Waals surface area contributed by atoms with Gasteiger partial charge in [0.2, 0.25) is 11.8 Å². The Morgan fingerprint density at radius 2 is 1.06 bits per heavy atom. The van der Waals surface area contributed by atoms with E-state index in [1.54, 1.807) is 55.7 Å². The molecular weight excluding hydrogens is 859 g/mol. The Balaban J connectivity index is 0.000000205. The number of fused-ring (bicyclic) bond motifs is 4. The van der Waals surface area contributed by atoms with Gasteiger partial charge in [0.15, 0.2) is 5.75 Å². The number of aromatic nitrogens is 2. The van der Waals surface area contributed by atoms with E-state index in [1.807, 2.05) is 12.1 Å². The largest absolute Gasteiger partial charge is 0.541 e. The minimum atomic E-state index is -2.45. The molecule has 0 spiro atoms. The van der Waals surface area contributed by atoms with Gasteiger partial charge in [-0.05, 0) is 110 Å². The molecule has 0 atom stereocenters. The van der Waals surface area contributed by atoms with Gasteiger partial charge < -0.3 is 30.8 Å². The summed E-state index contributed by atoms with van der Waals surface area (Å²) in [6, 6.07) is 16.4. The van der Waals surface area contributed by atoms with Crippen molar-refractivity contribution in [1.82, 2.24) is 19.8 Å². The number of hydrogen-bond acceptors (Lipinski definition) is 8. The molecule has 0 bridgehead atoms. The Morgan fingerprint density at radius 3 is 1.48 bits per heavy atom. The standard InChI is InChI=1S/C30H38FN3O3Si.C21H18FN3O3/c1-17(2)38(18(3)4,19(5)6)37-29-27-25(16-34(7)30(27)36)23(14-26(32)35)24-13-21(15-33-28(24)29)12-20-8-10-22(31)11-9-20;1-25-10-16-14(8-17(23)26)15-7-12(6-11-2-4-13(22)5-3-11)9-24-19(15)20(27)18(16)21(25)28/h8-11,13,15,17-19H,12,14,16H2,1-7H3,(H2,32,35);2-5,7,9,27H,6,8,10H2,1H3,(H2,23,26). The molecular formula is C51H56F2N6O6Si. The van der Waals surface area contributed by atoms with E-state index in [4.69, 9.17) is 20.9 Å². The molecule has 12 nitrogen and oxygen atoms in total. The Hall–Kier alpha value is -6.74. The van der Waals surface area contributed by atoms with Crippen LogP contribution in [0.2, 0.25) is 16.6 Å². The zero-order valence-corrected chi connectivity index (χ0v) is 39.6. The van der Waals surface area contributed by atoms with E-state index in [1.165, 1.54) is 29.2 Å². The van der Waals surface area contributed by atoms with Crippen LogP contribution in [0.15, 0.2) is 73.1 Å². The third-order valence-corrected chi connectivity index (χ3v) is 19.0. The van der Waals surface area contributed by atoms with Crippen LogP contribution in [0.25, 0.3) is 21.8 Å². The molecule has 5 N–H and O–H groups in total. The van der Waals surface area contributed by atoms with Crippen LogP contribution in [0, 0.1) is 11.6 Å². The lowest BCUT2D eigenvalue weighted by molar-refractivity contribution is -0.118. The summed E-state index contributed by atoms with van der Waals surface area (Å²) in [4.78, 5) is 62.2. The van der Waals surface area contributed by atoms with Gasteiger partial charge in [-0.1, -0.05) is 65.8 Å². The van der Waals surface area contributed by atoms with Gasteiger partial charge in [-0.2, -0.15) is 0 Å². The highest BCUT2D eigenvalue weighted by atomic mass is 28.4. The molecule has 66 heavy (non-hydrogen) atoms. The molecule has 2 aliphatic heterocycles. The SMILES string of the molecule is CC(C)[Si](Oc1c2c(c(CC(N)=O)c3cc(Cc4ccc(F)cc4)cnc13)CN(C)C2=O)(C(C)C)C(C)C.CN1Cc2c(c(O)c3ncc(Cc4ccc(F)cc4)cc3c2CC(N)=O)C1=O. The average Bonchev–Trinajstić information content (AvgIpc) is 3.73. The van der Waals surface area contributed by atoms with Crippen molar-refractivity contribution >= 4 is 53.8 Å². The molecule has 0 unspecified atom stereocenters. The van der Waals surface area contributed by atoms with Crippen LogP contribution in [0.5, 0.6) is 11.5 Å². The predicted octanol–water partition coefficient (Wildman–Crippen LogP) is 8.42. The second-order valence-electron chi connectivity index (χ2n) is 18.5. The Bertz CT molecular complexity index is 2880. The fourth-order valence-electron chi connectivity index (χ4n) is 10.0. The van der Waals surface area contributed by atoms with Crippen molar-refractivity contribution in [2.24, 2.45) is 11.5 Å². The van der Waals surface area contributed by atoms with E-state index in [-0.39, 0.29) is 53.1 Å². The molecule has 4 heterocycles. The van der Waals surface area contributed by atoms with Gasteiger partial charge in [0.25, 0.3) is 20.1 Å². The van der Waals surface area contributed by atoms with Crippen molar-refractivity contribution in [2.75, 3.05) is 14.1 Å². The summed E-state index contributed by atoms with van der Waals surface area (Å²) in [6.07, 6.45) is 4.40. The Morgan fingerprint density at radius 1 is 0.667 bits per heavy atom. The number of phenols is 1. The van der Waals surface area contributed by atoms with Crippen molar-refractivity contribution in [1.29, 1.82) is 0 Å². The van der Waals surface area contributed by atoms with E-state index in [0.29, 0.717) is 75.9 Å². The number of halogens is 2. The van der Waals surface area contributed by atoms with Gasteiger partial charge in [0.1, 0.15) is 28.4 Å². The minimum Gasteiger partial charge on any atom is -0.541 e. The molecule has 2 aromatic heterocycles. The highest BCUT2D eigenvalue weighted by molar-refractivity contribution is 6.78. The van der Waals surface area contributed by atoms with Crippen LogP contribution in [0.1, 0.15) is 107 Å². The van der Waals surface area contributed by atoms with Crippen molar-refractivity contribution in [3.63, 3.8) is 0 Å². The van der Waals surface area contributed by atoms with E-state index >= 15 is 0 Å². The average molecular weight is 915 g/mol. The number of hydrogen-bond donors (Lipinski definition) is 3. The molecule has 6 aromatic rings. The first-order valence-electron chi connectivity index (χ1n) is 22.1. The maximum atomic E-state index is 13.5. The number of nitrogens with zero attached hydrogens (tertiary/aromatic N) is 4. The number of amides is 4. The van der Waals surface area contributed by atoms with Gasteiger partial charge in [-0.3, -0.25) is 29.1 Å². The highest BCUT2D eigenvalue weighted by Crippen LogP contribution is 2.48. The number of carbonyl (C=O) groups excluding carboxylic acids is 4. The van der Waals surface area contributed by atoms with E-state index in [0.717, 1.165) is 38.8 Å². The minimum absolute atomic E-state index is 0.00300. The fourth-order valence-corrected chi connectivity index (χ4v) is 15.3. The number of pyridine rings is 2. The summed E-state index contributed by atoms with van der Waals surface area (Å²) < 4.78 is 33.7. The highest BCUT2D eigenvalue weighted by Gasteiger charge is 2.49. The first-order chi connectivity index (χ1) is 31.2. The van der Waals surface area contributed by atoms with E-state index in [2.05, 4.69) is 46.5 Å². The van der Waals surface area contributed by atoms with Crippen LogP contribution in [-0.2, 0) is 48.4 Å². The Kier molecular flexibility index (Phi) is 13.3. The van der Waals surface area contributed by atoms with Crippen LogP contribution < -0.4 is 15.9 Å². The zero-order valence-electron chi connectivity index (χ0n) is 38.6. The lowest BCUT2D eigenvalue weighted by Crippen LogP contribution is -2.51. The number of rotatable bonds is 13. The summed E-state index contributed by atoms with van der Waals surface area (Å²) in [5.74, 6) is -1.67. The van der Waals surface area contributed by atoms with Crippen molar-refractivity contribution < 1.29 is 37.5 Å². The topological polar surface area (TPSA) is 182 Å². The van der Waals surface area contributed by atoms with Crippen LogP contribution in [0.4, 0.5) is 8.78 Å². The molecule has 0 aliphatic carbocycles. The lowest BCUT2D eigenvalue weighted by atomic mass is 9.93. The zero-order chi connectivity index (χ0) is 47.9. The molecule has 344 valence electrons. The summed E-state index contributed by atoms with van der Waals surface area (Å²) in [6.45, 7) is 13.9. The number of primary amides is 2. The first-order valence-corrected chi connectivity index (χ1v) is 24.2. The molecule has 0 fully saturated rings. The maximum absolute atomic E-state index is 13.5. The molecule has 15 heteroatoms. The van der Waals surface area contributed by atoms with Gasteiger partial charge in [-0.15, -0.1) is 0 Å². The van der Waals surface area contributed by atoms with Crippen LogP contribution >= 0.6 is 0 Å². The summed E-state index contributed by atoms with van der Waals surface area (Å²) in [7, 11) is 0.946. The molecule has 4 amide bonds. The normalized spacial score (nSPS) is 13.5. The van der Waals surface area contributed by atoms with E-state index in [9.17, 15) is 33.1 Å². The lowest BCUT2D eigenvalue weighted by Gasteiger charge is -2.42. The van der Waals surface area contributed by atoms with Crippen molar-refractivity contribution in [3.05, 3.63) is 140 Å². The van der Waals surface area contributed by atoms with E-state index < -0.39 is 20.1 Å². The molecule has 4 aromatic carbocycles.